The van der Waals surface area contributed by atoms with E-state index in [0.29, 0.717) is 5.13 Å². The summed E-state index contributed by atoms with van der Waals surface area (Å²) >= 11 is 1.36. The van der Waals surface area contributed by atoms with E-state index in [1.807, 2.05) is 30.3 Å². The lowest BCUT2D eigenvalue weighted by Crippen LogP contribution is -2.27. The number of nitrogens with zero attached hydrogens (tertiary/aromatic N) is 5. The second-order valence-electron chi connectivity index (χ2n) is 3.93. The molecule has 0 unspecified atom stereocenters. The third kappa shape index (κ3) is 2.54. The first-order valence-corrected chi connectivity index (χ1v) is 6.70. The summed E-state index contributed by atoms with van der Waals surface area (Å²) in [6.45, 7) is 0. The third-order valence-electron chi connectivity index (χ3n) is 2.66. The van der Waals surface area contributed by atoms with E-state index in [1.165, 1.54) is 22.3 Å². The van der Waals surface area contributed by atoms with E-state index in [0.717, 1.165) is 5.56 Å². The highest BCUT2D eigenvalue weighted by molar-refractivity contribution is 7.13. The minimum absolute atomic E-state index is 0.238. The molecule has 20 heavy (non-hydrogen) atoms. The molecule has 2 aromatic heterocycles. The van der Waals surface area contributed by atoms with Gasteiger partial charge in [-0.1, -0.05) is 30.3 Å². The van der Waals surface area contributed by atoms with Gasteiger partial charge in [0.2, 0.25) is 0 Å². The zero-order valence-corrected chi connectivity index (χ0v) is 11.1. The summed E-state index contributed by atoms with van der Waals surface area (Å²) in [7, 11) is 0. The number of amides is 1. The molecule has 3 rings (SSSR count). The van der Waals surface area contributed by atoms with E-state index in [4.69, 9.17) is 0 Å². The van der Waals surface area contributed by atoms with Crippen LogP contribution in [0.25, 0.3) is 0 Å². The van der Waals surface area contributed by atoms with Gasteiger partial charge >= 0.3 is 0 Å². The topological polar surface area (TPSA) is 85.6 Å². The molecule has 1 amide bonds. The molecule has 0 saturated carbocycles. The SMILES string of the molecule is O=C(Nc1nccs1)[C@@H](c1ccccc1)n1cnnn1. The van der Waals surface area contributed by atoms with Gasteiger partial charge in [-0.2, -0.15) is 0 Å². The van der Waals surface area contributed by atoms with Crippen LogP contribution in [-0.4, -0.2) is 31.1 Å². The maximum Gasteiger partial charge on any atom is 0.255 e. The van der Waals surface area contributed by atoms with Crippen LogP contribution in [0, 0.1) is 0 Å². The first kappa shape index (κ1) is 12.4. The molecule has 2 heterocycles. The largest absolute Gasteiger partial charge is 0.300 e. The normalized spacial score (nSPS) is 12.0. The molecule has 0 spiro atoms. The van der Waals surface area contributed by atoms with Crippen molar-refractivity contribution in [3.63, 3.8) is 0 Å². The fourth-order valence-corrected chi connectivity index (χ4v) is 2.34. The second kappa shape index (κ2) is 5.57. The Morgan fingerprint density at radius 1 is 1.30 bits per heavy atom. The molecule has 100 valence electrons. The highest BCUT2D eigenvalue weighted by Crippen LogP contribution is 2.20. The van der Waals surface area contributed by atoms with Crippen LogP contribution in [0.15, 0.2) is 48.2 Å². The molecule has 0 aliphatic rings. The van der Waals surface area contributed by atoms with Crippen LogP contribution in [-0.2, 0) is 4.79 Å². The fraction of sp³-hybridized carbons (Fsp3) is 0.0833. The second-order valence-corrected chi connectivity index (χ2v) is 4.82. The Balaban J connectivity index is 1.92. The summed E-state index contributed by atoms with van der Waals surface area (Å²) in [5, 5.41) is 16.1. The molecular weight excluding hydrogens is 276 g/mol. The van der Waals surface area contributed by atoms with Gasteiger partial charge in [0.15, 0.2) is 11.2 Å². The number of thiazole rings is 1. The van der Waals surface area contributed by atoms with Gasteiger partial charge < -0.3 is 0 Å². The number of rotatable bonds is 4. The number of aromatic nitrogens is 5. The molecule has 1 aromatic carbocycles. The number of hydrogen-bond donors (Lipinski definition) is 1. The number of carbonyl (C=O) groups is 1. The van der Waals surface area contributed by atoms with E-state index < -0.39 is 6.04 Å². The molecule has 0 fully saturated rings. The minimum atomic E-state index is -0.630. The highest BCUT2D eigenvalue weighted by atomic mass is 32.1. The van der Waals surface area contributed by atoms with Gasteiger partial charge in [0, 0.05) is 11.6 Å². The molecule has 0 aliphatic heterocycles. The lowest BCUT2D eigenvalue weighted by Gasteiger charge is -2.15. The third-order valence-corrected chi connectivity index (χ3v) is 3.34. The summed E-state index contributed by atoms with van der Waals surface area (Å²) in [6, 6.07) is 8.70. The summed E-state index contributed by atoms with van der Waals surface area (Å²) in [6.07, 6.45) is 3.05. The van der Waals surface area contributed by atoms with Crippen molar-refractivity contribution in [1.29, 1.82) is 0 Å². The van der Waals surface area contributed by atoms with Crippen LogP contribution in [0.1, 0.15) is 11.6 Å². The van der Waals surface area contributed by atoms with Crippen LogP contribution in [0.2, 0.25) is 0 Å². The van der Waals surface area contributed by atoms with Crippen molar-refractivity contribution in [3.05, 3.63) is 53.8 Å². The van der Waals surface area contributed by atoms with Crippen LogP contribution >= 0.6 is 11.3 Å². The summed E-state index contributed by atoms with van der Waals surface area (Å²) in [5.41, 5.74) is 0.800. The molecule has 0 saturated heterocycles. The van der Waals surface area contributed by atoms with Gasteiger partial charge in [0.1, 0.15) is 6.33 Å². The zero-order chi connectivity index (χ0) is 13.8. The quantitative estimate of drug-likeness (QED) is 0.782. The number of hydrogen-bond acceptors (Lipinski definition) is 6. The maximum atomic E-state index is 12.4. The summed E-state index contributed by atoms with van der Waals surface area (Å²) < 4.78 is 1.41. The zero-order valence-electron chi connectivity index (χ0n) is 10.2. The first-order chi connectivity index (χ1) is 9.84. The molecule has 1 atom stereocenters. The van der Waals surface area contributed by atoms with Crippen molar-refractivity contribution in [1.82, 2.24) is 25.2 Å². The van der Waals surface area contributed by atoms with Crippen molar-refractivity contribution < 1.29 is 4.79 Å². The van der Waals surface area contributed by atoms with Gasteiger partial charge in [0.25, 0.3) is 5.91 Å². The Kier molecular flexibility index (Phi) is 3.46. The standard InChI is InChI=1S/C12H10N6OS/c19-11(15-12-13-6-7-20-12)10(18-8-14-16-17-18)9-4-2-1-3-5-9/h1-8,10H,(H,13,15,19)/t10-/m1/s1. The van der Waals surface area contributed by atoms with E-state index in [2.05, 4.69) is 25.8 Å². The number of anilines is 1. The minimum Gasteiger partial charge on any atom is -0.300 e. The lowest BCUT2D eigenvalue weighted by molar-refractivity contribution is -0.118. The average molecular weight is 286 g/mol. The van der Waals surface area contributed by atoms with E-state index >= 15 is 0 Å². The summed E-state index contributed by atoms with van der Waals surface area (Å²) in [5.74, 6) is -0.238. The van der Waals surface area contributed by atoms with Crippen LogP contribution in [0.3, 0.4) is 0 Å². The van der Waals surface area contributed by atoms with Gasteiger partial charge in [-0.3, -0.25) is 10.1 Å². The van der Waals surface area contributed by atoms with Crippen LogP contribution in [0.5, 0.6) is 0 Å². The monoisotopic (exact) mass is 286 g/mol. The summed E-state index contributed by atoms with van der Waals surface area (Å²) in [4.78, 5) is 16.5. The Bertz CT molecular complexity index is 667. The Labute approximate surface area is 118 Å². The number of nitrogens with one attached hydrogen (secondary N) is 1. The number of tetrazole rings is 1. The predicted octanol–water partition coefficient (Wildman–Crippen LogP) is 1.36. The van der Waals surface area contributed by atoms with Crippen molar-refractivity contribution >= 4 is 22.4 Å². The van der Waals surface area contributed by atoms with Gasteiger partial charge in [-0.05, 0) is 16.0 Å². The van der Waals surface area contributed by atoms with E-state index in [1.54, 1.807) is 11.6 Å². The molecule has 7 nitrogen and oxygen atoms in total. The highest BCUT2D eigenvalue weighted by Gasteiger charge is 2.24. The van der Waals surface area contributed by atoms with E-state index in [9.17, 15) is 4.79 Å². The predicted molar refractivity (Wildman–Crippen MR) is 73.1 cm³/mol. The van der Waals surface area contributed by atoms with Crippen molar-refractivity contribution in [2.75, 3.05) is 5.32 Å². The number of benzene rings is 1. The molecule has 0 aliphatic carbocycles. The Morgan fingerprint density at radius 2 is 2.15 bits per heavy atom. The molecule has 0 radical (unpaired) electrons. The average Bonchev–Trinajstić information content (AvgIpc) is 3.14. The molecule has 1 N–H and O–H groups in total. The first-order valence-electron chi connectivity index (χ1n) is 5.82. The Morgan fingerprint density at radius 3 is 2.80 bits per heavy atom. The van der Waals surface area contributed by atoms with Gasteiger partial charge in [-0.15, -0.1) is 16.4 Å². The molecule has 3 aromatic rings. The van der Waals surface area contributed by atoms with Crippen molar-refractivity contribution in [2.24, 2.45) is 0 Å². The smallest absolute Gasteiger partial charge is 0.255 e. The van der Waals surface area contributed by atoms with Gasteiger partial charge in [-0.25, -0.2) is 9.67 Å². The van der Waals surface area contributed by atoms with Gasteiger partial charge in [0.05, 0.1) is 0 Å². The fourth-order valence-electron chi connectivity index (χ4n) is 1.81. The van der Waals surface area contributed by atoms with Crippen molar-refractivity contribution in [3.8, 4) is 0 Å². The van der Waals surface area contributed by atoms with Crippen molar-refractivity contribution in [2.45, 2.75) is 6.04 Å². The number of carbonyl (C=O) groups excluding carboxylic acids is 1. The molecule has 0 bridgehead atoms. The molecule has 8 heteroatoms. The lowest BCUT2D eigenvalue weighted by atomic mass is 10.1. The van der Waals surface area contributed by atoms with Crippen LogP contribution < -0.4 is 5.32 Å². The van der Waals surface area contributed by atoms with Crippen LogP contribution in [0.4, 0.5) is 5.13 Å². The Hall–Kier alpha value is -2.61. The van der Waals surface area contributed by atoms with E-state index in [-0.39, 0.29) is 5.91 Å². The molecular formula is C12H10N6OS. The maximum absolute atomic E-state index is 12.4.